The number of carbonyl (C=O) groups is 1. The van der Waals surface area contributed by atoms with Gasteiger partial charge in [-0.25, -0.2) is 4.98 Å². The number of rotatable bonds is 4. The van der Waals surface area contributed by atoms with Gasteiger partial charge in [0.25, 0.3) is 5.56 Å². The number of para-hydroxylation sites is 1. The van der Waals surface area contributed by atoms with Crippen LogP contribution in [0.5, 0.6) is 0 Å². The molecular formula is C23H21N5O3. The first kappa shape index (κ1) is 19.2. The molecule has 0 N–H and O–H groups in total. The van der Waals surface area contributed by atoms with Crippen LogP contribution in [-0.4, -0.2) is 32.1 Å². The molecule has 8 heteroatoms. The van der Waals surface area contributed by atoms with Gasteiger partial charge in [0.05, 0.1) is 23.4 Å². The Labute approximate surface area is 178 Å². The first-order valence-corrected chi connectivity index (χ1v) is 10.2. The maximum Gasteiger partial charge on any atom is 0.261 e. The molecule has 3 heterocycles. The molecule has 0 bridgehead atoms. The summed E-state index contributed by atoms with van der Waals surface area (Å²) in [7, 11) is 0. The van der Waals surface area contributed by atoms with E-state index in [1.54, 1.807) is 17.9 Å². The van der Waals surface area contributed by atoms with Gasteiger partial charge in [-0.1, -0.05) is 35.0 Å². The van der Waals surface area contributed by atoms with Crippen LogP contribution in [0.1, 0.15) is 35.4 Å². The molecule has 1 aliphatic rings. The van der Waals surface area contributed by atoms with Gasteiger partial charge in [-0.05, 0) is 38.1 Å². The Morgan fingerprint density at radius 1 is 1.03 bits per heavy atom. The van der Waals surface area contributed by atoms with Crippen LogP contribution in [-0.2, 0) is 11.3 Å². The molecule has 1 atom stereocenters. The number of nitrogens with zero attached hydrogens (tertiary/aromatic N) is 5. The Morgan fingerprint density at radius 3 is 2.61 bits per heavy atom. The van der Waals surface area contributed by atoms with Gasteiger partial charge in [-0.2, -0.15) is 4.98 Å². The molecule has 1 fully saturated rings. The van der Waals surface area contributed by atoms with E-state index in [1.807, 2.05) is 49.4 Å². The summed E-state index contributed by atoms with van der Waals surface area (Å²) in [5, 5.41) is 4.60. The number of anilines is 1. The highest BCUT2D eigenvalue weighted by atomic mass is 16.5. The molecule has 1 amide bonds. The fourth-order valence-corrected chi connectivity index (χ4v) is 3.95. The van der Waals surface area contributed by atoms with Crippen molar-refractivity contribution in [2.45, 2.75) is 32.7 Å². The standard InChI is InChI=1S/C23H21N5O3/c1-14-7-9-17(10-8-14)28-12-16(11-21(28)29)22-25-20(26-31-22)13-27-15(2)24-19-6-4-3-5-18(19)23(27)30/h3-10,16H,11-13H2,1-2H3/t16-/m1/s1. The number of fused-ring (bicyclic) bond motifs is 1. The molecule has 0 aliphatic carbocycles. The second-order valence-corrected chi connectivity index (χ2v) is 7.86. The van der Waals surface area contributed by atoms with Crippen LogP contribution >= 0.6 is 0 Å². The van der Waals surface area contributed by atoms with Crippen molar-refractivity contribution in [2.75, 3.05) is 11.4 Å². The Hall–Kier alpha value is -3.81. The highest BCUT2D eigenvalue weighted by molar-refractivity contribution is 5.96. The Morgan fingerprint density at radius 2 is 1.81 bits per heavy atom. The zero-order valence-electron chi connectivity index (χ0n) is 17.3. The Kier molecular flexibility index (Phi) is 4.62. The van der Waals surface area contributed by atoms with Crippen molar-refractivity contribution in [3.8, 4) is 0 Å². The van der Waals surface area contributed by atoms with Crippen molar-refractivity contribution >= 4 is 22.5 Å². The van der Waals surface area contributed by atoms with Gasteiger partial charge in [0.1, 0.15) is 5.82 Å². The molecule has 2 aromatic heterocycles. The number of benzene rings is 2. The largest absolute Gasteiger partial charge is 0.339 e. The normalized spacial score (nSPS) is 16.4. The maximum absolute atomic E-state index is 12.9. The first-order chi connectivity index (χ1) is 15.0. The van der Waals surface area contributed by atoms with Gasteiger partial charge in [-0.15, -0.1) is 0 Å². The average molecular weight is 415 g/mol. The van der Waals surface area contributed by atoms with E-state index in [1.165, 1.54) is 4.57 Å². The number of aryl methyl sites for hydroxylation is 2. The van der Waals surface area contributed by atoms with Crippen molar-refractivity contribution in [3.63, 3.8) is 0 Å². The molecule has 0 saturated carbocycles. The molecule has 8 nitrogen and oxygen atoms in total. The average Bonchev–Trinajstić information content (AvgIpc) is 3.38. The smallest absolute Gasteiger partial charge is 0.261 e. The predicted molar refractivity (Wildman–Crippen MR) is 115 cm³/mol. The summed E-state index contributed by atoms with van der Waals surface area (Å²) >= 11 is 0. The molecule has 0 spiro atoms. The van der Waals surface area contributed by atoms with Crippen LogP contribution < -0.4 is 10.5 Å². The predicted octanol–water partition coefficient (Wildman–Crippen LogP) is 2.97. The molecule has 31 heavy (non-hydrogen) atoms. The first-order valence-electron chi connectivity index (χ1n) is 10.2. The summed E-state index contributed by atoms with van der Waals surface area (Å²) in [6, 6.07) is 15.1. The minimum Gasteiger partial charge on any atom is -0.339 e. The van der Waals surface area contributed by atoms with Gasteiger partial charge in [0, 0.05) is 18.7 Å². The molecule has 0 unspecified atom stereocenters. The number of aromatic nitrogens is 4. The van der Waals surface area contributed by atoms with E-state index in [2.05, 4.69) is 15.1 Å². The van der Waals surface area contributed by atoms with Crippen molar-refractivity contribution in [2.24, 2.45) is 0 Å². The zero-order chi connectivity index (χ0) is 21.5. The maximum atomic E-state index is 12.9. The summed E-state index contributed by atoms with van der Waals surface area (Å²) in [5.74, 6) is 1.23. The molecular weight excluding hydrogens is 394 g/mol. The minimum absolute atomic E-state index is 0.0272. The van der Waals surface area contributed by atoms with Gasteiger partial charge in [0.15, 0.2) is 5.82 Å². The Bertz CT molecular complexity index is 1340. The summed E-state index contributed by atoms with van der Waals surface area (Å²) < 4.78 is 7.00. The molecule has 5 rings (SSSR count). The van der Waals surface area contributed by atoms with Crippen LogP contribution in [0, 0.1) is 13.8 Å². The monoisotopic (exact) mass is 415 g/mol. The summed E-state index contributed by atoms with van der Waals surface area (Å²) in [5.41, 5.74) is 2.52. The molecule has 4 aromatic rings. The van der Waals surface area contributed by atoms with E-state index in [9.17, 15) is 9.59 Å². The van der Waals surface area contributed by atoms with E-state index < -0.39 is 0 Å². The number of amides is 1. The highest BCUT2D eigenvalue weighted by Gasteiger charge is 2.35. The fraction of sp³-hybridized carbons (Fsp3) is 0.261. The third-order valence-electron chi connectivity index (χ3n) is 5.66. The lowest BCUT2D eigenvalue weighted by molar-refractivity contribution is -0.117. The van der Waals surface area contributed by atoms with Crippen LogP contribution in [0.3, 0.4) is 0 Å². The van der Waals surface area contributed by atoms with Crippen LogP contribution in [0.15, 0.2) is 57.8 Å². The number of carbonyl (C=O) groups excluding carboxylic acids is 1. The molecule has 1 saturated heterocycles. The Balaban J connectivity index is 1.38. The van der Waals surface area contributed by atoms with E-state index in [-0.39, 0.29) is 23.9 Å². The SMILES string of the molecule is Cc1ccc(N2C[C@H](c3nc(Cn4c(C)nc5ccccc5c4=O)no3)CC2=O)cc1. The number of hydrogen-bond acceptors (Lipinski definition) is 6. The van der Waals surface area contributed by atoms with Crippen molar-refractivity contribution in [3.05, 3.63) is 82.0 Å². The second kappa shape index (κ2) is 7.46. The lowest BCUT2D eigenvalue weighted by Crippen LogP contribution is -2.25. The van der Waals surface area contributed by atoms with Gasteiger partial charge >= 0.3 is 0 Å². The third-order valence-corrected chi connectivity index (χ3v) is 5.66. The van der Waals surface area contributed by atoms with Crippen molar-refractivity contribution < 1.29 is 9.32 Å². The molecule has 1 aliphatic heterocycles. The highest BCUT2D eigenvalue weighted by Crippen LogP contribution is 2.31. The quantitative estimate of drug-likeness (QED) is 0.509. The van der Waals surface area contributed by atoms with E-state index in [0.717, 1.165) is 11.3 Å². The fourth-order valence-electron chi connectivity index (χ4n) is 3.95. The third kappa shape index (κ3) is 3.50. The van der Waals surface area contributed by atoms with E-state index in [4.69, 9.17) is 4.52 Å². The summed E-state index contributed by atoms with van der Waals surface area (Å²) in [6.07, 6.45) is 0.312. The minimum atomic E-state index is -0.178. The van der Waals surface area contributed by atoms with E-state index in [0.29, 0.717) is 41.4 Å². The summed E-state index contributed by atoms with van der Waals surface area (Å²) in [6.45, 7) is 4.44. The lowest BCUT2D eigenvalue weighted by atomic mass is 10.1. The lowest BCUT2D eigenvalue weighted by Gasteiger charge is -2.16. The molecule has 0 radical (unpaired) electrons. The van der Waals surface area contributed by atoms with Gasteiger partial charge < -0.3 is 9.42 Å². The number of hydrogen-bond donors (Lipinski definition) is 0. The topological polar surface area (TPSA) is 94.1 Å². The van der Waals surface area contributed by atoms with Crippen LogP contribution in [0.25, 0.3) is 10.9 Å². The van der Waals surface area contributed by atoms with Gasteiger partial charge in [-0.3, -0.25) is 14.2 Å². The summed E-state index contributed by atoms with van der Waals surface area (Å²) in [4.78, 5) is 36.1. The van der Waals surface area contributed by atoms with Crippen molar-refractivity contribution in [1.82, 2.24) is 19.7 Å². The zero-order valence-corrected chi connectivity index (χ0v) is 17.3. The molecule has 2 aromatic carbocycles. The van der Waals surface area contributed by atoms with E-state index >= 15 is 0 Å². The van der Waals surface area contributed by atoms with Crippen LogP contribution in [0.2, 0.25) is 0 Å². The molecule has 156 valence electrons. The van der Waals surface area contributed by atoms with Gasteiger partial charge in [0.2, 0.25) is 11.8 Å². The van der Waals surface area contributed by atoms with Crippen LogP contribution in [0.4, 0.5) is 5.69 Å². The second-order valence-electron chi connectivity index (χ2n) is 7.86. The van der Waals surface area contributed by atoms with Crippen molar-refractivity contribution in [1.29, 1.82) is 0 Å².